The SMILES string of the molecule is CC.Cc1nn(PI)c2nc(N3CCCCC3)cnc12. The van der Waals surface area contributed by atoms with Gasteiger partial charge in [0.05, 0.1) is 18.3 Å². The zero-order valence-corrected chi connectivity index (χ0v) is 15.4. The van der Waals surface area contributed by atoms with Crippen molar-refractivity contribution in [2.45, 2.75) is 40.0 Å². The molecule has 0 bridgehead atoms. The third-order valence-corrected chi connectivity index (χ3v) is 5.14. The van der Waals surface area contributed by atoms with Crippen LogP contribution in [-0.4, -0.2) is 32.6 Å². The van der Waals surface area contributed by atoms with Crippen LogP contribution in [0.2, 0.25) is 0 Å². The van der Waals surface area contributed by atoms with Crippen molar-refractivity contribution in [2.75, 3.05) is 18.0 Å². The van der Waals surface area contributed by atoms with Crippen LogP contribution < -0.4 is 4.90 Å². The maximum absolute atomic E-state index is 4.76. The zero-order valence-electron chi connectivity index (χ0n) is 12.2. The van der Waals surface area contributed by atoms with E-state index < -0.39 is 0 Å². The standard InChI is InChI=1S/C11H15IN5P.C2H6/c1-8-10-11(17(15-8)18-12)14-9(7-13-10)16-5-3-2-4-6-16;1-2/h7,18H,2-6H2,1H3;1-2H3. The Morgan fingerprint density at radius 1 is 1.20 bits per heavy atom. The molecule has 1 aliphatic rings. The second-order valence-corrected chi connectivity index (χ2v) is 6.57. The number of halogens is 1. The lowest BCUT2D eigenvalue weighted by atomic mass is 10.1. The molecule has 3 heterocycles. The second kappa shape index (κ2) is 7.50. The predicted molar refractivity (Wildman–Crippen MR) is 95.2 cm³/mol. The van der Waals surface area contributed by atoms with Crippen molar-refractivity contribution in [3.8, 4) is 0 Å². The molecule has 7 heteroatoms. The van der Waals surface area contributed by atoms with Gasteiger partial charge in [-0.05, 0) is 48.2 Å². The average Bonchev–Trinajstić information content (AvgIpc) is 2.86. The van der Waals surface area contributed by atoms with Gasteiger partial charge in [-0.1, -0.05) is 13.8 Å². The molecule has 0 aromatic carbocycles. The summed E-state index contributed by atoms with van der Waals surface area (Å²) in [5.41, 5.74) is 2.81. The van der Waals surface area contributed by atoms with Crippen LogP contribution in [0.3, 0.4) is 0 Å². The van der Waals surface area contributed by atoms with Gasteiger partial charge in [0.1, 0.15) is 11.3 Å². The summed E-state index contributed by atoms with van der Waals surface area (Å²) in [4.78, 5) is 11.6. The molecule has 1 fully saturated rings. The van der Waals surface area contributed by atoms with E-state index in [-0.39, 0.29) is 0 Å². The number of anilines is 1. The van der Waals surface area contributed by atoms with Crippen LogP contribution in [-0.2, 0) is 0 Å². The van der Waals surface area contributed by atoms with Crippen molar-refractivity contribution in [3.63, 3.8) is 0 Å². The molecule has 20 heavy (non-hydrogen) atoms. The maximum atomic E-state index is 4.76. The first-order valence-corrected chi connectivity index (χ1v) is 11.2. The number of aromatic nitrogens is 4. The highest BCUT2D eigenvalue weighted by Crippen LogP contribution is 2.29. The van der Waals surface area contributed by atoms with Crippen molar-refractivity contribution in [1.29, 1.82) is 0 Å². The molecular formula is C13H21IN5P. The zero-order chi connectivity index (χ0) is 14.5. The van der Waals surface area contributed by atoms with E-state index in [2.05, 4.69) is 37.0 Å². The summed E-state index contributed by atoms with van der Waals surface area (Å²) in [6, 6.07) is 0. The fourth-order valence-electron chi connectivity index (χ4n) is 2.35. The molecule has 2 aromatic heterocycles. The van der Waals surface area contributed by atoms with Crippen molar-refractivity contribution in [3.05, 3.63) is 11.9 Å². The van der Waals surface area contributed by atoms with Crippen molar-refractivity contribution in [2.24, 2.45) is 0 Å². The highest BCUT2D eigenvalue weighted by Gasteiger charge is 2.16. The normalized spacial score (nSPS) is 15.7. The third-order valence-electron chi connectivity index (χ3n) is 3.29. The average molecular weight is 405 g/mol. The van der Waals surface area contributed by atoms with E-state index in [1.807, 2.05) is 31.4 Å². The van der Waals surface area contributed by atoms with Crippen LogP contribution >= 0.6 is 28.4 Å². The Bertz CT molecular complexity index is 565. The number of hydrogen-bond acceptors (Lipinski definition) is 4. The topological polar surface area (TPSA) is 46.8 Å². The van der Waals surface area contributed by atoms with Gasteiger partial charge >= 0.3 is 0 Å². The van der Waals surface area contributed by atoms with E-state index >= 15 is 0 Å². The Balaban J connectivity index is 0.000000704. The lowest BCUT2D eigenvalue weighted by Gasteiger charge is -2.27. The Morgan fingerprint density at radius 2 is 1.90 bits per heavy atom. The molecule has 3 rings (SSSR count). The molecule has 0 spiro atoms. The summed E-state index contributed by atoms with van der Waals surface area (Å²) < 4.78 is 1.95. The highest BCUT2D eigenvalue weighted by atomic mass is 127. The van der Waals surface area contributed by atoms with Crippen molar-refractivity contribution < 1.29 is 0 Å². The molecule has 0 radical (unpaired) electrons. The van der Waals surface area contributed by atoms with Crippen LogP contribution in [0.25, 0.3) is 11.2 Å². The Labute approximate surface area is 134 Å². The van der Waals surface area contributed by atoms with Gasteiger partial charge in [0, 0.05) is 13.1 Å². The first-order valence-electron chi connectivity index (χ1n) is 7.13. The number of nitrogens with zero attached hydrogens (tertiary/aromatic N) is 5. The fraction of sp³-hybridized carbons (Fsp3) is 0.615. The quantitative estimate of drug-likeness (QED) is 0.561. The van der Waals surface area contributed by atoms with Crippen molar-refractivity contribution in [1.82, 2.24) is 19.5 Å². The fourth-order valence-corrected chi connectivity index (χ4v) is 3.79. The van der Waals surface area contributed by atoms with E-state index in [0.29, 0.717) is 6.37 Å². The third kappa shape index (κ3) is 3.22. The number of aryl methyl sites for hydroxylation is 1. The molecular weight excluding hydrogens is 384 g/mol. The first kappa shape index (κ1) is 15.9. The Hall–Kier alpha value is -0.490. The van der Waals surface area contributed by atoms with Gasteiger partial charge < -0.3 is 4.90 Å². The lowest BCUT2D eigenvalue weighted by Crippen LogP contribution is -2.30. The van der Waals surface area contributed by atoms with Gasteiger partial charge in [0.25, 0.3) is 0 Å². The van der Waals surface area contributed by atoms with E-state index in [0.717, 1.165) is 35.8 Å². The van der Waals surface area contributed by atoms with Crippen LogP contribution in [0.15, 0.2) is 6.20 Å². The molecule has 1 saturated heterocycles. The molecule has 1 unspecified atom stereocenters. The minimum atomic E-state index is 0.565. The second-order valence-electron chi connectivity index (χ2n) is 4.53. The van der Waals surface area contributed by atoms with Gasteiger partial charge in [-0.15, -0.1) is 0 Å². The summed E-state index contributed by atoms with van der Waals surface area (Å²) in [6.45, 7) is 8.19. The molecule has 110 valence electrons. The largest absolute Gasteiger partial charge is 0.355 e. The number of hydrogen-bond donors (Lipinski definition) is 0. The van der Waals surface area contributed by atoms with Gasteiger partial charge in [0.2, 0.25) is 0 Å². The Morgan fingerprint density at radius 3 is 2.55 bits per heavy atom. The first-order chi connectivity index (χ1) is 9.79. The van der Waals surface area contributed by atoms with E-state index in [9.17, 15) is 0 Å². The van der Waals surface area contributed by atoms with E-state index in [1.54, 1.807) is 0 Å². The summed E-state index contributed by atoms with van der Waals surface area (Å²) in [6.07, 6.45) is 6.30. The van der Waals surface area contributed by atoms with Crippen LogP contribution in [0.1, 0.15) is 38.8 Å². The minimum Gasteiger partial charge on any atom is -0.355 e. The molecule has 5 nitrogen and oxygen atoms in total. The van der Waals surface area contributed by atoms with Crippen LogP contribution in [0.5, 0.6) is 0 Å². The summed E-state index contributed by atoms with van der Waals surface area (Å²) in [5, 5.41) is 4.47. The van der Waals surface area contributed by atoms with Gasteiger partial charge in [-0.2, -0.15) is 5.10 Å². The highest BCUT2D eigenvalue weighted by molar-refractivity contribution is 14.2. The minimum absolute atomic E-state index is 0.565. The molecule has 0 amide bonds. The lowest BCUT2D eigenvalue weighted by molar-refractivity contribution is 0.573. The number of rotatable bonds is 2. The molecule has 1 aliphatic heterocycles. The monoisotopic (exact) mass is 405 g/mol. The summed E-state index contributed by atoms with van der Waals surface area (Å²) >= 11 is 2.33. The van der Waals surface area contributed by atoms with Crippen molar-refractivity contribution >= 4 is 45.4 Å². The number of piperidine rings is 1. The van der Waals surface area contributed by atoms with E-state index in [1.165, 1.54) is 19.3 Å². The predicted octanol–water partition coefficient (Wildman–Crippen LogP) is 3.94. The smallest absolute Gasteiger partial charge is 0.183 e. The molecule has 0 saturated carbocycles. The Kier molecular flexibility index (Phi) is 5.96. The molecule has 0 aliphatic carbocycles. The summed E-state index contributed by atoms with van der Waals surface area (Å²) in [5.74, 6) is 0.998. The molecule has 0 N–H and O–H groups in total. The van der Waals surface area contributed by atoms with E-state index in [4.69, 9.17) is 4.98 Å². The molecule has 2 aromatic rings. The van der Waals surface area contributed by atoms with Crippen LogP contribution in [0, 0.1) is 6.92 Å². The maximum Gasteiger partial charge on any atom is 0.183 e. The number of fused-ring (bicyclic) bond motifs is 1. The molecule has 1 atom stereocenters. The summed E-state index contributed by atoms with van der Waals surface area (Å²) in [7, 11) is 0. The van der Waals surface area contributed by atoms with Gasteiger partial charge in [0.15, 0.2) is 5.65 Å². The van der Waals surface area contributed by atoms with Gasteiger partial charge in [-0.3, -0.25) is 0 Å². The van der Waals surface area contributed by atoms with Gasteiger partial charge in [-0.25, -0.2) is 14.4 Å². The van der Waals surface area contributed by atoms with Crippen LogP contribution in [0.4, 0.5) is 5.82 Å².